The van der Waals surface area contributed by atoms with Crippen LogP contribution in [0, 0.1) is 0 Å². The molecule has 0 bridgehead atoms. The molecule has 0 aromatic carbocycles. The zero-order chi connectivity index (χ0) is 9.38. The molecule has 0 spiro atoms. The summed E-state index contributed by atoms with van der Waals surface area (Å²) in [7, 11) is 0. The Morgan fingerprint density at radius 3 is 3.07 bits per heavy atom. The molecule has 0 atom stereocenters. The number of hydrogen-bond acceptors (Lipinski definition) is 3. The number of hydrogen-bond donors (Lipinski definition) is 1. The second kappa shape index (κ2) is 3.59. The first kappa shape index (κ1) is 8.80. The lowest BCUT2D eigenvalue weighted by atomic mass is 10.3. The Labute approximate surface area is 88.4 Å². The zero-order valence-corrected chi connectivity index (χ0v) is 9.02. The van der Waals surface area contributed by atoms with Gasteiger partial charge in [0.25, 0.3) is 0 Å². The van der Waals surface area contributed by atoms with Gasteiger partial charge in [0, 0.05) is 23.9 Å². The molecule has 1 aliphatic heterocycles. The normalized spacial score (nSPS) is 21.7. The van der Waals surface area contributed by atoms with Crippen LogP contribution in [0.15, 0.2) is 6.20 Å². The average Bonchev–Trinajstić information content (AvgIpc) is 2.85. The lowest BCUT2D eigenvalue weighted by Crippen LogP contribution is -2.07. The first-order chi connectivity index (χ1) is 6.93. The predicted octanol–water partition coefficient (Wildman–Crippen LogP) is 1.93. The second-order valence-electron chi connectivity index (χ2n) is 4.10. The van der Waals surface area contributed by atoms with Crippen molar-refractivity contribution in [2.24, 2.45) is 0 Å². The molecule has 0 amide bonds. The highest BCUT2D eigenvalue weighted by Gasteiger charge is 2.21. The Hall–Kier alpha value is -0.480. The van der Waals surface area contributed by atoms with Crippen molar-refractivity contribution in [3.8, 4) is 0 Å². The maximum Gasteiger partial charge on any atom is 0.0696 e. The van der Waals surface area contributed by atoms with Gasteiger partial charge in [-0.3, -0.25) is 0 Å². The standard InChI is InChI=1S/C10H15N3S/c1-2-4-9(3-1)14-13-10-7-11-5-8(10)6-12-13/h6,9,11H,1-5,7H2. The fraction of sp³-hybridized carbons (Fsp3) is 0.700. The van der Waals surface area contributed by atoms with Crippen LogP contribution in [0.3, 0.4) is 0 Å². The Morgan fingerprint density at radius 1 is 1.36 bits per heavy atom. The van der Waals surface area contributed by atoms with Crippen molar-refractivity contribution >= 4 is 11.9 Å². The summed E-state index contributed by atoms with van der Waals surface area (Å²) in [6, 6.07) is 0. The smallest absolute Gasteiger partial charge is 0.0696 e. The van der Waals surface area contributed by atoms with Crippen LogP contribution in [0.5, 0.6) is 0 Å². The third-order valence-electron chi connectivity index (χ3n) is 3.08. The van der Waals surface area contributed by atoms with E-state index < -0.39 is 0 Å². The Balaban J connectivity index is 1.76. The SMILES string of the molecule is c1nn(SC2CCCC2)c2c1CNC2. The molecule has 14 heavy (non-hydrogen) atoms. The van der Waals surface area contributed by atoms with Crippen molar-refractivity contribution in [3.05, 3.63) is 17.5 Å². The summed E-state index contributed by atoms with van der Waals surface area (Å²) >= 11 is 1.93. The van der Waals surface area contributed by atoms with Gasteiger partial charge < -0.3 is 5.32 Å². The number of nitrogens with one attached hydrogen (secondary N) is 1. The van der Waals surface area contributed by atoms with E-state index in [1.165, 1.54) is 36.9 Å². The monoisotopic (exact) mass is 209 g/mol. The molecular formula is C10H15N3S. The van der Waals surface area contributed by atoms with Crippen LogP contribution in [0.1, 0.15) is 36.9 Å². The van der Waals surface area contributed by atoms with E-state index in [4.69, 9.17) is 0 Å². The molecule has 1 aliphatic carbocycles. The van der Waals surface area contributed by atoms with Crippen molar-refractivity contribution in [2.45, 2.75) is 44.0 Å². The van der Waals surface area contributed by atoms with Gasteiger partial charge in [0.2, 0.25) is 0 Å². The minimum atomic E-state index is 0.805. The van der Waals surface area contributed by atoms with E-state index >= 15 is 0 Å². The quantitative estimate of drug-likeness (QED) is 0.807. The van der Waals surface area contributed by atoms with Crippen molar-refractivity contribution < 1.29 is 0 Å². The van der Waals surface area contributed by atoms with Crippen LogP contribution in [-0.4, -0.2) is 14.4 Å². The second-order valence-corrected chi connectivity index (χ2v) is 5.33. The number of aromatic nitrogens is 2. The van der Waals surface area contributed by atoms with Crippen molar-refractivity contribution in [3.63, 3.8) is 0 Å². The number of nitrogens with zero attached hydrogens (tertiary/aromatic N) is 2. The van der Waals surface area contributed by atoms with E-state index in [0.717, 1.165) is 18.3 Å². The van der Waals surface area contributed by atoms with Crippen LogP contribution >= 0.6 is 11.9 Å². The van der Waals surface area contributed by atoms with Crippen LogP contribution < -0.4 is 5.32 Å². The molecule has 3 rings (SSSR count). The summed E-state index contributed by atoms with van der Waals surface area (Å²) < 4.78 is 2.14. The minimum Gasteiger partial charge on any atom is -0.307 e. The highest BCUT2D eigenvalue weighted by Crippen LogP contribution is 2.31. The van der Waals surface area contributed by atoms with Crippen molar-refractivity contribution in [1.29, 1.82) is 0 Å². The molecular weight excluding hydrogens is 194 g/mol. The van der Waals surface area contributed by atoms with Gasteiger partial charge in [0.15, 0.2) is 0 Å². The van der Waals surface area contributed by atoms with Gasteiger partial charge in [0.1, 0.15) is 0 Å². The summed E-state index contributed by atoms with van der Waals surface area (Å²) in [5.74, 6) is 0. The molecule has 1 saturated carbocycles. The molecule has 4 heteroatoms. The van der Waals surface area contributed by atoms with E-state index in [0.29, 0.717) is 0 Å². The minimum absolute atomic E-state index is 0.805. The summed E-state index contributed by atoms with van der Waals surface area (Å²) in [6.07, 6.45) is 7.55. The van der Waals surface area contributed by atoms with Crippen LogP contribution in [0.2, 0.25) is 0 Å². The molecule has 0 radical (unpaired) electrons. The van der Waals surface area contributed by atoms with Gasteiger partial charge in [-0.25, -0.2) is 4.09 Å². The maximum absolute atomic E-state index is 4.44. The molecule has 3 nitrogen and oxygen atoms in total. The Bertz CT molecular complexity index is 328. The van der Waals surface area contributed by atoms with E-state index in [-0.39, 0.29) is 0 Å². The van der Waals surface area contributed by atoms with E-state index in [1.807, 2.05) is 18.1 Å². The zero-order valence-electron chi connectivity index (χ0n) is 8.20. The lowest BCUT2D eigenvalue weighted by Gasteiger charge is -2.09. The maximum atomic E-state index is 4.44. The molecule has 2 aliphatic rings. The van der Waals surface area contributed by atoms with Gasteiger partial charge in [-0.2, -0.15) is 5.10 Å². The Morgan fingerprint density at radius 2 is 2.21 bits per heavy atom. The van der Waals surface area contributed by atoms with Crippen LogP contribution in [-0.2, 0) is 13.1 Å². The predicted molar refractivity (Wildman–Crippen MR) is 58.0 cm³/mol. The topological polar surface area (TPSA) is 29.9 Å². The number of rotatable bonds is 2. The largest absolute Gasteiger partial charge is 0.307 e. The molecule has 1 N–H and O–H groups in total. The first-order valence-electron chi connectivity index (χ1n) is 5.37. The molecule has 0 unspecified atom stereocenters. The molecule has 76 valence electrons. The third-order valence-corrected chi connectivity index (χ3v) is 4.36. The van der Waals surface area contributed by atoms with Gasteiger partial charge in [-0.15, -0.1) is 0 Å². The fourth-order valence-corrected chi connectivity index (χ4v) is 3.50. The third kappa shape index (κ3) is 1.46. The summed E-state index contributed by atoms with van der Waals surface area (Å²) in [5.41, 5.74) is 2.78. The van der Waals surface area contributed by atoms with Crippen LogP contribution in [0.4, 0.5) is 0 Å². The van der Waals surface area contributed by atoms with Gasteiger partial charge >= 0.3 is 0 Å². The van der Waals surface area contributed by atoms with E-state index in [1.54, 1.807) is 0 Å². The molecule has 0 saturated heterocycles. The van der Waals surface area contributed by atoms with Gasteiger partial charge in [-0.1, -0.05) is 12.8 Å². The highest BCUT2D eigenvalue weighted by molar-refractivity contribution is 7.98. The molecule has 1 aromatic rings. The van der Waals surface area contributed by atoms with Crippen molar-refractivity contribution in [2.75, 3.05) is 0 Å². The molecule has 1 aromatic heterocycles. The first-order valence-corrected chi connectivity index (χ1v) is 6.21. The van der Waals surface area contributed by atoms with Crippen molar-refractivity contribution in [1.82, 2.24) is 14.5 Å². The summed E-state index contributed by atoms with van der Waals surface area (Å²) in [6.45, 7) is 2.00. The molecule has 1 fully saturated rings. The van der Waals surface area contributed by atoms with Gasteiger partial charge in [0.05, 0.1) is 11.9 Å². The van der Waals surface area contributed by atoms with Crippen LogP contribution in [0.25, 0.3) is 0 Å². The molecule has 2 heterocycles. The van der Waals surface area contributed by atoms with E-state index in [2.05, 4.69) is 14.5 Å². The summed E-state index contributed by atoms with van der Waals surface area (Å²) in [4.78, 5) is 0. The Kier molecular flexibility index (Phi) is 2.25. The lowest BCUT2D eigenvalue weighted by molar-refractivity contribution is 0.731. The summed E-state index contributed by atoms with van der Waals surface area (Å²) in [5, 5.41) is 8.60. The van der Waals surface area contributed by atoms with E-state index in [9.17, 15) is 0 Å². The average molecular weight is 209 g/mol. The van der Waals surface area contributed by atoms with Gasteiger partial charge in [-0.05, 0) is 24.8 Å². The highest BCUT2D eigenvalue weighted by atomic mass is 32.2. The number of fused-ring (bicyclic) bond motifs is 1. The fourth-order valence-electron chi connectivity index (χ4n) is 2.26.